The van der Waals surface area contributed by atoms with Crippen LogP contribution < -0.4 is 18.5 Å². The van der Waals surface area contributed by atoms with Crippen molar-refractivity contribution in [2.75, 3.05) is 24.1 Å². The number of fused-ring (bicyclic) bond motifs is 1. The van der Waals surface area contributed by atoms with Gasteiger partial charge < -0.3 is 14.2 Å². The standard InChI is InChI=1S/C24H23NO5S/c1-2-14-25(31(26,27)22-12-13-23-24(17-22)29-16-15-28-23)20-8-10-21(11-9-20)30-18-19-6-4-3-5-7-19/h2-13,17H,1,14-16,18H2. The fourth-order valence-electron chi connectivity index (χ4n) is 3.22. The molecular formula is C24H23NO5S. The van der Waals surface area contributed by atoms with Crippen LogP contribution in [0.4, 0.5) is 5.69 Å². The van der Waals surface area contributed by atoms with Crippen LogP contribution in [0.5, 0.6) is 17.2 Å². The maximum atomic E-state index is 13.4. The van der Waals surface area contributed by atoms with Crippen LogP contribution in [-0.4, -0.2) is 28.2 Å². The van der Waals surface area contributed by atoms with Gasteiger partial charge in [-0.3, -0.25) is 4.31 Å². The minimum Gasteiger partial charge on any atom is -0.489 e. The minimum absolute atomic E-state index is 0.126. The number of sulfonamides is 1. The summed E-state index contributed by atoms with van der Waals surface area (Å²) in [6, 6.07) is 21.4. The molecule has 0 radical (unpaired) electrons. The number of ether oxygens (including phenoxy) is 3. The van der Waals surface area contributed by atoms with E-state index in [4.69, 9.17) is 14.2 Å². The van der Waals surface area contributed by atoms with Gasteiger partial charge in [0.15, 0.2) is 11.5 Å². The normalized spacial score (nSPS) is 12.8. The topological polar surface area (TPSA) is 65.1 Å². The fraction of sp³-hybridized carbons (Fsp3) is 0.167. The highest BCUT2D eigenvalue weighted by Gasteiger charge is 2.26. The smallest absolute Gasteiger partial charge is 0.264 e. The van der Waals surface area contributed by atoms with Crippen molar-refractivity contribution >= 4 is 15.7 Å². The zero-order chi connectivity index (χ0) is 21.7. The Hall–Kier alpha value is -3.45. The molecule has 31 heavy (non-hydrogen) atoms. The molecular weight excluding hydrogens is 414 g/mol. The van der Waals surface area contributed by atoms with Crippen molar-refractivity contribution in [3.05, 3.63) is 91.0 Å². The first-order chi connectivity index (χ1) is 15.1. The van der Waals surface area contributed by atoms with E-state index in [0.717, 1.165) is 5.56 Å². The van der Waals surface area contributed by atoms with E-state index in [2.05, 4.69) is 6.58 Å². The van der Waals surface area contributed by atoms with E-state index in [-0.39, 0.29) is 11.4 Å². The van der Waals surface area contributed by atoms with Gasteiger partial charge in [-0.2, -0.15) is 0 Å². The lowest BCUT2D eigenvalue weighted by molar-refractivity contribution is 0.171. The lowest BCUT2D eigenvalue weighted by Crippen LogP contribution is -2.31. The molecule has 0 amide bonds. The van der Waals surface area contributed by atoms with Crippen LogP contribution >= 0.6 is 0 Å². The van der Waals surface area contributed by atoms with Crippen molar-refractivity contribution in [1.82, 2.24) is 0 Å². The van der Waals surface area contributed by atoms with Crippen LogP contribution in [0.2, 0.25) is 0 Å². The van der Waals surface area contributed by atoms with Crippen LogP contribution in [0.3, 0.4) is 0 Å². The molecule has 0 N–H and O–H groups in total. The first-order valence-electron chi connectivity index (χ1n) is 9.88. The molecule has 0 saturated heterocycles. The van der Waals surface area contributed by atoms with Crippen LogP contribution in [-0.2, 0) is 16.6 Å². The number of rotatable bonds is 8. The largest absolute Gasteiger partial charge is 0.489 e. The van der Waals surface area contributed by atoms with Gasteiger partial charge in [0.25, 0.3) is 10.0 Å². The van der Waals surface area contributed by atoms with E-state index in [1.54, 1.807) is 36.4 Å². The summed E-state index contributed by atoms with van der Waals surface area (Å²) < 4.78 is 44.8. The highest BCUT2D eigenvalue weighted by molar-refractivity contribution is 7.92. The maximum absolute atomic E-state index is 13.4. The van der Waals surface area contributed by atoms with Crippen molar-refractivity contribution in [2.24, 2.45) is 0 Å². The van der Waals surface area contributed by atoms with Crippen LogP contribution in [0.1, 0.15) is 5.56 Å². The molecule has 4 rings (SSSR count). The van der Waals surface area contributed by atoms with Crippen molar-refractivity contribution in [1.29, 1.82) is 0 Å². The number of anilines is 1. The fourth-order valence-corrected chi connectivity index (χ4v) is 4.67. The lowest BCUT2D eigenvalue weighted by atomic mass is 10.2. The molecule has 0 atom stereocenters. The van der Waals surface area contributed by atoms with Crippen molar-refractivity contribution in [2.45, 2.75) is 11.5 Å². The molecule has 0 spiro atoms. The quantitative estimate of drug-likeness (QED) is 0.488. The van der Waals surface area contributed by atoms with Gasteiger partial charge in [0.05, 0.1) is 17.1 Å². The Morgan fingerprint density at radius 2 is 1.65 bits per heavy atom. The van der Waals surface area contributed by atoms with Gasteiger partial charge in [-0.15, -0.1) is 6.58 Å². The van der Waals surface area contributed by atoms with E-state index >= 15 is 0 Å². The third kappa shape index (κ3) is 4.67. The molecule has 3 aromatic rings. The maximum Gasteiger partial charge on any atom is 0.264 e. The first kappa shape index (κ1) is 20.8. The Morgan fingerprint density at radius 1 is 0.935 bits per heavy atom. The average Bonchev–Trinajstić information content (AvgIpc) is 2.82. The first-order valence-corrected chi connectivity index (χ1v) is 11.3. The summed E-state index contributed by atoms with van der Waals surface area (Å²) in [6.45, 7) is 5.10. The second-order valence-corrected chi connectivity index (χ2v) is 8.76. The Kier molecular flexibility index (Phi) is 6.13. The molecule has 6 nitrogen and oxygen atoms in total. The average molecular weight is 438 g/mol. The van der Waals surface area contributed by atoms with Crippen LogP contribution in [0.25, 0.3) is 0 Å². The molecule has 0 fully saturated rings. The van der Waals surface area contributed by atoms with Crippen molar-refractivity contribution in [3.8, 4) is 17.2 Å². The second-order valence-electron chi connectivity index (χ2n) is 6.90. The molecule has 0 unspecified atom stereocenters. The SMILES string of the molecule is C=CCN(c1ccc(OCc2ccccc2)cc1)S(=O)(=O)c1ccc2c(c1)OCCO2. The summed E-state index contributed by atoms with van der Waals surface area (Å²) in [6.07, 6.45) is 1.55. The molecule has 7 heteroatoms. The molecule has 0 saturated carbocycles. The molecule has 1 aliphatic heterocycles. The van der Waals surface area contributed by atoms with E-state index in [0.29, 0.717) is 42.8 Å². The van der Waals surface area contributed by atoms with Crippen LogP contribution in [0, 0.1) is 0 Å². The van der Waals surface area contributed by atoms with E-state index in [1.165, 1.54) is 16.4 Å². The van der Waals surface area contributed by atoms with Crippen molar-refractivity contribution < 1.29 is 22.6 Å². The summed E-state index contributed by atoms with van der Waals surface area (Å²) in [4.78, 5) is 0.128. The minimum atomic E-state index is -3.83. The van der Waals surface area contributed by atoms with Gasteiger partial charge in [0.1, 0.15) is 25.6 Å². The van der Waals surface area contributed by atoms with E-state index in [9.17, 15) is 8.42 Å². The summed E-state index contributed by atoms with van der Waals surface area (Å²) in [5, 5.41) is 0. The Labute approximate surface area is 182 Å². The Bertz CT molecular complexity index is 1140. The molecule has 0 bridgehead atoms. The monoisotopic (exact) mass is 437 g/mol. The van der Waals surface area contributed by atoms with Crippen molar-refractivity contribution in [3.63, 3.8) is 0 Å². The van der Waals surface area contributed by atoms with Gasteiger partial charge in [0.2, 0.25) is 0 Å². The zero-order valence-corrected chi connectivity index (χ0v) is 17.8. The Balaban J connectivity index is 1.55. The van der Waals surface area contributed by atoms with E-state index < -0.39 is 10.0 Å². The van der Waals surface area contributed by atoms with E-state index in [1.807, 2.05) is 30.3 Å². The predicted molar refractivity (Wildman–Crippen MR) is 119 cm³/mol. The summed E-state index contributed by atoms with van der Waals surface area (Å²) >= 11 is 0. The van der Waals surface area contributed by atoms with Gasteiger partial charge in [-0.25, -0.2) is 8.42 Å². The van der Waals surface area contributed by atoms with Gasteiger partial charge in [-0.05, 0) is 42.0 Å². The molecule has 160 valence electrons. The number of hydrogen-bond donors (Lipinski definition) is 0. The molecule has 0 aliphatic carbocycles. The number of benzene rings is 3. The predicted octanol–water partition coefficient (Wildman–Crippen LogP) is 4.42. The number of nitrogens with zero attached hydrogens (tertiary/aromatic N) is 1. The highest BCUT2D eigenvalue weighted by atomic mass is 32.2. The number of hydrogen-bond acceptors (Lipinski definition) is 5. The van der Waals surface area contributed by atoms with Gasteiger partial charge in [-0.1, -0.05) is 36.4 Å². The second kappa shape index (κ2) is 9.14. The highest BCUT2D eigenvalue weighted by Crippen LogP contribution is 2.34. The van der Waals surface area contributed by atoms with Gasteiger partial charge >= 0.3 is 0 Å². The lowest BCUT2D eigenvalue weighted by Gasteiger charge is -2.25. The van der Waals surface area contributed by atoms with Crippen LogP contribution in [0.15, 0.2) is 90.3 Å². The summed E-state index contributed by atoms with van der Waals surface area (Å²) in [5.74, 6) is 1.62. The molecule has 0 aromatic heterocycles. The third-order valence-corrected chi connectivity index (χ3v) is 6.56. The third-order valence-electron chi connectivity index (χ3n) is 4.77. The molecule has 3 aromatic carbocycles. The molecule has 1 aliphatic rings. The summed E-state index contributed by atoms with van der Waals surface area (Å²) in [5.41, 5.74) is 1.57. The zero-order valence-electron chi connectivity index (χ0n) is 16.9. The van der Waals surface area contributed by atoms with Gasteiger partial charge in [0, 0.05) is 6.07 Å². The Morgan fingerprint density at radius 3 is 2.35 bits per heavy atom. The summed E-state index contributed by atoms with van der Waals surface area (Å²) in [7, 11) is -3.83. The molecule has 1 heterocycles.